The Morgan fingerprint density at radius 3 is 1.57 bits per heavy atom. The number of rotatable bonds is 9. The fraction of sp³-hybridized carbons (Fsp3) is 0.0286. The second-order valence-corrected chi connectivity index (χ2v) is 14.2. The number of aromatic hydroxyl groups is 1. The molecule has 0 radical (unpaired) electrons. The molecule has 0 saturated carbocycles. The first-order chi connectivity index (χ1) is 25.1. The van der Waals surface area contributed by atoms with Crippen molar-refractivity contribution in [1.29, 1.82) is 0 Å². The first-order valence-corrected chi connectivity index (χ1v) is 18.1. The number of hydrogen-bond acceptors (Lipinski definition) is 16. The number of phenolic OH excluding ortho intramolecular Hbond substituents is 1. The molecule has 0 aromatic heterocycles. The summed E-state index contributed by atoms with van der Waals surface area (Å²) in [5.41, 5.74) is 21.2. The number of hydrogen-bond donors (Lipinski definition) is 4. The molecule has 0 aliphatic carbocycles. The third-order valence-electron chi connectivity index (χ3n) is 7.90. The second-order valence-electron chi connectivity index (χ2n) is 11.5. The lowest BCUT2D eigenvalue weighted by Crippen LogP contribution is -2.04. The Bertz CT molecular complexity index is 2710. The number of phenols is 1. The van der Waals surface area contributed by atoms with Crippen LogP contribution in [0.2, 0.25) is 0 Å². The van der Waals surface area contributed by atoms with Crippen molar-refractivity contribution in [2.45, 2.75) is 16.7 Å². The zero-order valence-electron chi connectivity index (χ0n) is 27.4. The fourth-order valence-corrected chi connectivity index (χ4v) is 6.47. The van der Waals surface area contributed by atoms with Crippen LogP contribution in [0.4, 0.5) is 51.2 Å². The van der Waals surface area contributed by atoms with Crippen LogP contribution in [-0.2, 0) is 20.2 Å². The van der Waals surface area contributed by atoms with Crippen molar-refractivity contribution in [2.24, 2.45) is 30.7 Å². The normalized spacial score (nSPS) is 12.4. The van der Waals surface area contributed by atoms with E-state index in [0.717, 1.165) is 28.8 Å². The van der Waals surface area contributed by atoms with E-state index in [1.54, 1.807) is 66.7 Å². The van der Waals surface area contributed by atoms with Gasteiger partial charge in [-0.3, -0.25) is 0 Å². The van der Waals surface area contributed by atoms with Crippen molar-refractivity contribution in [3.05, 3.63) is 109 Å². The number of nitrogens with zero attached hydrogens (tertiary/aromatic N) is 6. The Morgan fingerprint density at radius 1 is 0.566 bits per heavy atom. The van der Waals surface area contributed by atoms with E-state index < -0.39 is 52.8 Å². The van der Waals surface area contributed by atoms with Gasteiger partial charge in [0, 0.05) is 5.69 Å². The van der Waals surface area contributed by atoms with Gasteiger partial charge in [0.25, 0.3) is 0 Å². The summed E-state index contributed by atoms with van der Waals surface area (Å²) in [6, 6.07) is 26.6. The maximum atomic E-state index is 12.3. The highest BCUT2D eigenvalue weighted by Crippen LogP contribution is 2.48. The molecule has 6 aromatic rings. The minimum Gasteiger partial charge on any atom is -0.744 e. The summed E-state index contributed by atoms with van der Waals surface area (Å²) in [6.45, 7) is 1.84. The lowest BCUT2D eigenvalue weighted by molar-refractivity contribution is 0.458. The molecule has 18 heteroatoms. The predicted octanol–water partition coefficient (Wildman–Crippen LogP) is 8.32. The van der Waals surface area contributed by atoms with Crippen LogP contribution in [0.5, 0.6) is 5.75 Å². The van der Waals surface area contributed by atoms with E-state index in [0.29, 0.717) is 22.7 Å². The van der Waals surface area contributed by atoms with Gasteiger partial charge in [0.05, 0.1) is 43.6 Å². The molecule has 0 aliphatic rings. The summed E-state index contributed by atoms with van der Waals surface area (Å²) < 4.78 is 73.4. The molecule has 0 bridgehead atoms. The van der Waals surface area contributed by atoms with Gasteiger partial charge >= 0.3 is 0 Å². The fourth-order valence-electron chi connectivity index (χ4n) is 5.17. The Balaban J connectivity index is 1.32. The summed E-state index contributed by atoms with van der Waals surface area (Å²) >= 11 is 0. The van der Waals surface area contributed by atoms with Crippen molar-refractivity contribution in [1.82, 2.24) is 0 Å². The average Bonchev–Trinajstić information content (AvgIpc) is 3.11. The molecule has 0 spiro atoms. The van der Waals surface area contributed by atoms with Gasteiger partial charge in [-0.25, -0.2) is 16.8 Å². The van der Waals surface area contributed by atoms with Crippen LogP contribution in [0.1, 0.15) is 5.56 Å². The lowest BCUT2D eigenvalue weighted by atomic mass is 10.0. The van der Waals surface area contributed by atoms with Crippen LogP contribution in [0.15, 0.2) is 144 Å². The molecule has 0 atom stereocenters. The molecule has 0 heterocycles. The van der Waals surface area contributed by atoms with Gasteiger partial charge < -0.3 is 31.4 Å². The Hall–Kier alpha value is -6.60. The third-order valence-corrected chi connectivity index (χ3v) is 9.60. The standard InChI is InChI=1S/C35H29N9O7S2/c1-19-15-28(27(37)18-26(19)36)42-39-24-11-7-20(8-12-24)21-9-13-25(14-10-21)41-43-33-29(52(46,47)48)16-22-17-30(53(49,50)51)34(35(45)31(22)32(33)38)44-40-23-5-3-2-4-6-23/h2-18,45H,36-38H2,1H3,(H,46,47,48)(H,49,50,51)/p-2. The second kappa shape index (κ2) is 14.2. The molecule has 7 N–H and O–H groups in total. The van der Waals surface area contributed by atoms with E-state index in [1.807, 2.05) is 19.1 Å². The molecular formula is C35H27N9O7S2-2. The van der Waals surface area contributed by atoms with Gasteiger partial charge in [0.15, 0.2) is 5.75 Å². The lowest BCUT2D eigenvalue weighted by Gasteiger charge is -2.18. The third kappa shape index (κ3) is 7.85. The van der Waals surface area contributed by atoms with E-state index in [1.165, 1.54) is 12.1 Å². The minimum atomic E-state index is -5.30. The van der Waals surface area contributed by atoms with E-state index in [2.05, 4.69) is 30.7 Å². The number of fused-ring (bicyclic) bond motifs is 1. The highest BCUT2D eigenvalue weighted by Gasteiger charge is 2.24. The quantitative estimate of drug-likeness (QED) is 0.0622. The highest BCUT2D eigenvalue weighted by atomic mass is 32.2. The van der Waals surface area contributed by atoms with Gasteiger partial charge in [0.2, 0.25) is 0 Å². The van der Waals surface area contributed by atoms with Gasteiger partial charge in [0.1, 0.15) is 37.3 Å². The van der Waals surface area contributed by atoms with Crippen LogP contribution in [0, 0.1) is 6.92 Å². The number of benzene rings is 6. The zero-order valence-corrected chi connectivity index (χ0v) is 29.1. The molecule has 0 amide bonds. The Kier molecular flexibility index (Phi) is 9.70. The summed E-state index contributed by atoms with van der Waals surface area (Å²) in [6.07, 6.45) is 0. The van der Waals surface area contributed by atoms with Gasteiger partial charge in [-0.05, 0) is 89.7 Å². The summed E-state index contributed by atoms with van der Waals surface area (Å²) in [5, 5.41) is 34.6. The summed E-state index contributed by atoms with van der Waals surface area (Å²) in [4.78, 5) is -2.00. The number of anilines is 3. The molecule has 0 aliphatic heterocycles. The molecule has 6 aromatic carbocycles. The molecule has 16 nitrogen and oxygen atoms in total. The number of nitrogen functional groups attached to an aromatic ring is 3. The van der Waals surface area contributed by atoms with Crippen LogP contribution >= 0.6 is 0 Å². The molecule has 6 rings (SSSR count). The van der Waals surface area contributed by atoms with Crippen molar-refractivity contribution >= 4 is 82.2 Å². The predicted molar refractivity (Wildman–Crippen MR) is 197 cm³/mol. The maximum Gasteiger partial charge on any atom is 0.154 e. The van der Waals surface area contributed by atoms with Crippen LogP contribution < -0.4 is 17.2 Å². The van der Waals surface area contributed by atoms with E-state index in [9.17, 15) is 31.0 Å². The van der Waals surface area contributed by atoms with Crippen molar-refractivity contribution in [3.63, 3.8) is 0 Å². The Morgan fingerprint density at radius 2 is 1.04 bits per heavy atom. The monoisotopic (exact) mass is 749 g/mol. The highest BCUT2D eigenvalue weighted by molar-refractivity contribution is 7.86. The van der Waals surface area contributed by atoms with E-state index in [-0.39, 0.29) is 22.1 Å². The van der Waals surface area contributed by atoms with Crippen molar-refractivity contribution < 1.29 is 31.0 Å². The average molecular weight is 750 g/mol. The van der Waals surface area contributed by atoms with Crippen LogP contribution in [0.3, 0.4) is 0 Å². The summed E-state index contributed by atoms with van der Waals surface area (Å²) in [5.74, 6) is -0.915. The van der Waals surface area contributed by atoms with E-state index >= 15 is 0 Å². The molecule has 0 saturated heterocycles. The molecular weight excluding hydrogens is 723 g/mol. The van der Waals surface area contributed by atoms with Gasteiger partial charge in [-0.15, -0.1) is 15.3 Å². The maximum absolute atomic E-state index is 12.3. The minimum absolute atomic E-state index is 0.235. The molecule has 268 valence electrons. The van der Waals surface area contributed by atoms with Gasteiger partial charge in [-0.2, -0.15) is 15.3 Å². The smallest absolute Gasteiger partial charge is 0.154 e. The first-order valence-electron chi connectivity index (χ1n) is 15.3. The van der Waals surface area contributed by atoms with Crippen molar-refractivity contribution in [2.75, 3.05) is 17.2 Å². The van der Waals surface area contributed by atoms with Crippen LogP contribution in [0.25, 0.3) is 21.9 Å². The summed E-state index contributed by atoms with van der Waals surface area (Å²) in [7, 11) is -10.6. The molecule has 53 heavy (non-hydrogen) atoms. The largest absolute Gasteiger partial charge is 0.744 e. The zero-order chi connectivity index (χ0) is 38.1. The number of nitrogens with two attached hydrogens (primary N) is 3. The molecule has 0 unspecified atom stereocenters. The topological polar surface area (TPSA) is 287 Å². The van der Waals surface area contributed by atoms with E-state index in [4.69, 9.17) is 17.2 Å². The van der Waals surface area contributed by atoms with Crippen LogP contribution in [-0.4, -0.2) is 31.0 Å². The Labute approximate surface area is 302 Å². The van der Waals surface area contributed by atoms with Crippen molar-refractivity contribution in [3.8, 4) is 16.9 Å². The SMILES string of the molecule is Cc1cc(N=Nc2ccc(-c3ccc(N=Nc4c(S(=O)(=O)[O-])cc5cc(S(=O)(=O)[O-])c(N=Nc6ccccc6)c(O)c5c4N)cc3)cc2)c(N)cc1N. The number of azo groups is 3. The molecule has 0 fully saturated rings. The first kappa shape index (κ1) is 36.2. The number of aryl methyl sites for hydroxylation is 1. The van der Waals surface area contributed by atoms with Gasteiger partial charge in [-0.1, -0.05) is 42.5 Å².